The molecule has 0 fully saturated rings. The van der Waals surface area contributed by atoms with Crippen molar-refractivity contribution in [3.8, 4) is 0 Å². The molecule has 0 bridgehead atoms. The van der Waals surface area contributed by atoms with E-state index in [2.05, 4.69) is 11.2 Å². The normalized spacial score (nSPS) is 11.7. The molecule has 0 saturated heterocycles. The van der Waals surface area contributed by atoms with Gasteiger partial charge in [-0.05, 0) is 18.2 Å². The molecule has 0 aliphatic rings. The first-order valence-corrected chi connectivity index (χ1v) is 5.69. The second-order valence-electron chi connectivity index (χ2n) is 3.93. The molecule has 7 heteroatoms. The average molecular weight is 289 g/mol. The molecule has 0 atom stereocenters. The van der Waals surface area contributed by atoms with Gasteiger partial charge in [0.15, 0.2) is 10.8 Å². The van der Waals surface area contributed by atoms with Gasteiger partial charge in [-0.25, -0.2) is 0 Å². The molecule has 101 valence electrons. The maximum atomic E-state index is 13.0. The van der Waals surface area contributed by atoms with Crippen LogP contribution >= 0.6 is 11.6 Å². The molecule has 3 nitrogen and oxygen atoms in total. The Morgan fingerprint density at radius 1 is 1.32 bits per heavy atom. The zero-order chi connectivity index (χ0) is 14.2. The maximum absolute atomic E-state index is 13.0. The van der Waals surface area contributed by atoms with E-state index in [0.717, 1.165) is 4.68 Å². The minimum atomic E-state index is -4.56. The van der Waals surface area contributed by atoms with Gasteiger partial charge in [0, 0.05) is 19.8 Å². The third-order valence-corrected chi connectivity index (χ3v) is 3.07. The Balaban J connectivity index is 2.56. The number of hydrogen-bond donors (Lipinski definition) is 0. The van der Waals surface area contributed by atoms with E-state index >= 15 is 0 Å². The average Bonchev–Trinajstić information content (AvgIpc) is 2.66. The van der Waals surface area contributed by atoms with Gasteiger partial charge in [-0.1, -0.05) is 23.7 Å². The number of hydrogen-bond acceptors (Lipinski definition) is 2. The largest absolute Gasteiger partial charge is 0.437 e. The number of halogens is 4. The first-order chi connectivity index (χ1) is 8.82. The standard InChI is InChI=1S/C12H10ClF3N3/c1-18(8-6-4-3-5-7-8)9-10(12(14,15)16)17-19(2)11(9)13/h4-7H,1-2H3. The predicted molar refractivity (Wildman–Crippen MR) is 66.6 cm³/mol. The Morgan fingerprint density at radius 2 is 1.89 bits per heavy atom. The van der Waals surface area contributed by atoms with Crippen LogP contribution in [0, 0.1) is 6.07 Å². The first-order valence-electron chi connectivity index (χ1n) is 5.32. The zero-order valence-corrected chi connectivity index (χ0v) is 10.9. The lowest BCUT2D eigenvalue weighted by atomic mass is 10.2. The van der Waals surface area contributed by atoms with E-state index in [1.165, 1.54) is 19.0 Å². The van der Waals surface area contributed by atoms with Crippen LogP contribution in [0.5, 0.6) is 0 Å². The molecule has 1 radical (unpaired) electrons. The highest BCUT2D eigenvalue weighted by atomic mass is 35.5. The molecular weight excluding hydrogens is 279 g/mol. The van der Waals surface area contributed by atoms with E-state index in [1.54, 1.807) is 24.3 Å². The third-order valence-electron chi connectivity index (χ3n) is 2.65. The summed E-state index contributed by atoms with van der Waals surface area (Å²) in [5.41, 5.74) is -0.600. The van der Waals surface area contributed by atoms with Crippen LogP contribution in [-0.4, -0.2) is 16.8 Å². The molecule has 2 aromatic rings. The molecule has 0 amide bonds. The molecule has 0 aliphatic carbocycles. The van der Waals surface area contributed by atoms with Crippen molar-refractivity contribution in [2.45, 2.75) is 6.18 Å². The lowest BCUT2D eigenvalue weighted by Crippen LogP contribution is -2.16. The summed E-state index contributed by atoms with van der Waals surface area (Å²) in [5, 5.41) is 3.37. The van der Waals surface area contributed by atoms with Crippen LogP contribution in [0.15, 0.2) is 24.3 Å². The van der Waals surface area contributed by atoms with E-state index in [9.17, 15) is 13.2 Å². The lowest BCUT2D eigenvalue weighted by molar-refractivity contribution is -0.140. The second-order valence-corrected chi connectivity index (χ2v) is 4.28. The quantitative estimate of drug-likeness (QED) is 0.841. The fourth-order valence-corrected chi connectivity index (χ4v) is 1.97. The minimum Gasteiger partial charge on any atom is -0.340 e. The Morgan fingerprint density at radius 3 is 2.42 bits per heavy atom. The summed E-state index contributed by atoms with van der Waals surface area (Å²) >= 11 is 5.92. The van der Waals surface area contributed by atoms with E-state index in [0.29, 0.717) is 5.69 Å². The van der Waals surface area contributed by atoms with Gasteiger partial charge in [0.2, 0.25) is 0 Å². The number of nitrogens with zero attached hydrogens (tertiary/aromatic N) is 3. The number of alkyl halides is 3. The molecule has 2 rings (SSSR count). The summed E-state index contributed by atoms with van der Waals surface area (Å²) in [4.78, 5) is 1.35. The molecular formula is C12H10ClF3N3. The Bertz CT molecular complexity index is 578. The van der Waals surface area contributed by atoms with E-state index in [4.69, 9.17) is 11.6 Å². The smallest absolute Gasteiger partial charge is 0.340 e. The van der Waals surface area contributed by atoms with Crippen molar-refractivity contribution >= 4 is 23.0 Å². The van der Waals surface area contributed by atoms with Gasteiger partial charge >= 0.3 is 6.18 Å². The van der Waals surface area contributed by atoms with E-state index < -0.39 is 11.9 Å². The van der Waals surface area contributed by atoms with Crippen LogP contribution in [0.1, 0.15) is 5.69 Å². The molecule has 0 N–H and O–H groups in total. The van der Waals surface area contributed by atoms with Gasteiger partial charge in [-0.2, -0.15) is 18.3 Å². The summed E-state index contributed by atoms with van der Waals surface area (Å²) in [6, 6.07) is 9.31. The Labute approximate surface area is 113 Å². The van der Waals surface area contributed by atoms with Gasteiger partial charge in [-0.3, -0.25) is 4.68 Å². The number of benzene rings is 1. The third kappa shape index (κ3) is 2.53. The number of aryl methyl sites for hydroxylation is 1. The number of anilines is 2. The zero-order valence-electron chi connectivity index (χ0n) is 10.2. The minimum absolute atomic E-state index is 0.0670. The van der Waals surface area contributed by atoms with Crippen LogP contribution < -0.4 is 4.90 Å². The highest BCUT2D eigenvalue weighted by Crippen LogP contribution is 2.41. The molecule has 0 unspecified atom stereocenters. The van der Waals surface area contributed by atoms with Crippen molar-refractivity contribution in [1.82, 2.24) is 9.78 Å². The summed E-state index contributed by atoms with van der Waals surface area (Å²) < 4.78 is 39.9. The molecule has 1 heterocycles. The second kappa shape index (κ2) is 4.77. The van der Waals surface area contributed by atoms with Crippen molar-refractivity contribution in [3.05, 3.63) is 41.2 Å². The predicted octanol–water partition coefficient (Wildman–Crippen LogP) is 3.66. The first kappa shape index (κ1) is 13.7. The Kier molecular flexibility index (Phi) is 3.45. The summed E-state index contributed by atoms with van der Waals surface area (Å²) in [6.45, 7) is 0. The fraction of sp³-hybridized carbons (Fsp3) is 0.250. The molecule has 0 aliphatic heterocycles. The SMILES string of the molecule is CN(c1cc[c]cc1)c1c(C(F)(F)F)nn(C)c1Cl. The van der Waals surface area contributed by atoms with Gasteiger partial charge in [0.1, 0.15) is 5.69 Å². The van der Waals surface area contributed by atoms with Gasteiger partial charge in [-0.15, -0.1) is 0 Å². The molecule has 19 heavy (non-hydrogen) atoms. The van der Waals surface area contributed by atoms with Crippen molar-refractivity contribution in [3.63, 3.8) is 0 Å². The lowest BCUT2D eigenvalue weighted by Gasteiger charge is -2.20. The van der Waals surface area contributed by atoms with Gasteiger partial charge in [0.25, 0.3) is 0 Å². The highest BCUT2D eigenvalue weighted by Gasteiger charge is 2.40. The van der Waals surface area contributed by atoms with Gasteiger partial charge < -0.3 is 4.90 Å². The van der Waals surface area contributed by atoms with Crippen LogP contribution in [0.25, 0.3) is 0 Å². The number of aromatic nitrogens is 2. The van der Waals surface area contributed by atoms with Crippen LogP contribution in [0.2, 0.25) is 5.15 Å². The summed E-state index contributed by atoms with van der Waals surface area (Å²) in [7, 11) is 2.88. The van der Waals surface area contributed by atoms with Crippen LogP contribution in [0.4, 0.5) is 24.5 Å². The van der Waals surface area contributed by atoms with E-state index in [1.807, 2.05) is 0 Å². The van der Waals surface area contributed by atoms with Crippen molar-refractivity contribution < 1.29 is 13.2 Å². The highest BCUT2D eigenvalue weighted by molar-refractivity contribution is 6.32. The van der Waals surface area contributed by atoms with E-state index in [-0.39, 0.29) is 10.8 Å². The summed E-state index contributed by atoms with van der Waals surface area (Å²) in [5.74, 6) is 0. The van der Waals surface area contributed by atoms with Crippen LogP contribution in [0.3, 0.4) is 0 Å². The number of rotatable bonds is 2. The maximum Gasteiger partial charge on any atom is 0.437 e. The van der Waals surface area contributed by atoms with Gasteiger partial charge in [0.05, 0.1) is 0 Å². The fourth-order valence-electron chi connectivity index (χ4n) is 1.71. The topological polar surface area (TPSA) is 21.1 Å². The Hall–Kier alpha value is -1.69. The molecule has 1 aromatic heterocycles. The van der Waals surface area contributed by atoms with Crippen molar-refractivity contribution in [2.75, 3.05) is 11.9 Å². The molecule has 0 saturated carbocycles. The summed E-state index contributed by atoms with van der Waals surface area (Å²) in [6.07, 6.45) is -4.56. The molecule has 1 aromatic carbocycles. The molecule has 0 spiro atoms. The monoisotopic (exact) mass is 288 g/mol. The van der Waals surface area contributed by atoms with Crippen molar-refractivity contribution in [2.24, 2.45) is 7.05 Å². The van der Waals surface area contributed by atoms with Crippen molar-refractivity contribution in [1.29, 1.82) is 0 Å². The van der Waals surface area contributed by atoms with Crippen LogP contribution in [-0.2, 0) is 13.2 Å².